The summed E-state index contributed by atoms with van der Waals surface area (Å²) < 4.78 is 1.91. The average molecular weight is 453 g/mol. The van der Waals surface area contributed by atoms with E-state index in [1.54, 1.807) is 0 Å². The number of pyridine rings is 1. The third kappa shape index (κ3) is 3.58. The van der Waals surface area contributed by atoms with Crippen molar-refractivity contribution in [2.45, 2.75) is 0 Å². The van der Waals surface area contributed by atoms with Gasteiger partial charge in [0.2, 0.25) is 0 Å². The Morgan fingerprint density at radius 1 is 1.42 bits per heavy atom. The number of hydrogen-bond acceptors (Lipinski definition) is 3. The van der Waals surface area contributed by atoms with Crippen LogP contribution >= 0.6 is 50.1 Å². The molecule has 98 valence electrons. The van der Waals surface area contributed by atoms with Crippen LogP contribution in [-0.4, -0.2) is 16.1 Å². The number of benzene rings is 1. The van der Waals surface area contributed by atoms with E-state index in [1.807, 2.05) is 18.2 Å². The number of nitrogens with zero attached hydrogens (tertiary/aromatic N) is 1. The van der Waals surface area contributed by atoms with E-state index in [9.17, 15) is 4.79 Å². The molecule has 0 atom stereocenters. The average Bonchev–Trinajstić information content (AvgIpc) is 2.36. The van der Waals surface area contributed by atoms with E-state index in [1.165, 1.54) is 12.3 Å². The minimum absolute atomic E-state index is 0.0147. The molecule has 1 aromatic heterocycles. The lowest BCUT2D eigenvalue weighted by Gasteiger charge is -2.09. The highest BCUT2D eigenvalue weighted by molar-refractivity contribution is 14.1. The molecular formula is C12H7BrClIN2O2. The van der Waals surface area contributed by atoms with Crippen LogP contribution in [0.25, 0.3) is 0 Å². The maximum atomic E-state index is 11.0. The Labute approximate surface area is 136 Å². The first-order valence-corrected chi connectivity index (χ1v) is 7.33. The smallest absolute Gasteiger partial charge is 0.337 e. The monoisotopic (exact) mass is 452 g/mol. The van der Waals surface area contributed by atoms with Gasteiger partial charge in [-0.25, -0.2) is 9.78 Å². The van der Waals surface area contributed by atoms with Crippen LogP contribution in [0.4, 0.5) is 11.5 Å². The fourth-order valence-electron chi connectivity index (χ4n) is 1.40. The van der Waals surface area contributed by atoms with Gasteiger partial charge in [-0.3, -0.25) is 0 Å². The molecule has 0 fully saturated rings. The summed E-state index contributed by atoms with van der Waals surface area (Å²) in [5.74, 6) is -0.665. The number of hydrogen-bond donors (Lipinski definition) is 2. The maximum Gasteiger partial charge on any atom is 0.337 e. The summed E-state index contributed by atoms with van der Waals surface area (Å²) in [6.45, 7) is 0. The normalized spacial score (nSPS) is 10.3. The molecule has 0 spiro atoms. The third-order valence-electron chi connectivity index (χ3n) is 2.28. The predicted molar refractivity (Wildman–Crippen MR) is 86.3 cm³/mol. The Morgan fingerprint density at radius 3 is 2.84 bits per heavy atom. The molecule has 7 heteroatoms. The van der Waals surface area contributed by atoms with Gasteiger partial charge in [0, 0.05) is 14.2 Å². The summed E-state index contributed by atoms with van der Waals surface area (Å²) in [5, 5.41) is 12.2. The summed E-state index contributed by atoms with van der Waals surface area (Å²) in [5.41, 5.74) is 0.818. The van der Waals surface area contributed by atoms with E-state index in [2.05, 4.69) is 48.8 Å². The second kappa shape index (κ2) is 6.06. The molecule has 0 unspecified atom stereocenters. The quantitative estimate of drug-likeness (QED) is 0.670. The van der Waals surface area contributed by atoms with Gasteiger partial charge >= 0.3 is 5.97 Å². The van der Waals surface area contributed by atoms with Crippen molar-refractivity contribution in [2.75, 3.05) is 5.32 Å². The van der Waals surface area contributed by atoms with Gasteiger partial charge in [-0.05, 0) is 62.8 Å². The van der Waals surface area contributed by atoms with E-state index in [0.717, 1.165) is 13.7 Å². The molecule has 0 aliphatic carbocycles. The minimum atomic E-state index is -1.09. The second-order valence-electron chi connectivity index (χ2n) is 3.60. The molecule has 0 saturated heterocycles. The van der Waals surface area contributed by atoms with Gasteiger partial charge in [0.1, 0.15) is 5.82 Å². The summed E-state index contributed by atoms with van der Waals surface area (Å²) >= 11 is 11.4. The Hall–Kier alpha value is -0.860. The lowest BCUT2D eigenvalue weighted by atomic mass is 10.2. The molecule has 0 amide bonds. The van der Waals surface area contributed by atoms with E-state index in [0.29, 0.717) is 5.82 Å². The first kappa shape index (κ1) is 14.5. The van der Waals surface area contributed by atoms with Crippen LogP contribution in [0.1, 0.15) is 10.4 Å². The van der Waals surface area contributed by atoms with Gasteiger partial charge in [-0.15, -0.1) is 0 Å². The highest BCUT2D eigenvalue weighted by atomic mass is 127. The number of carboxylic acid groups (broad SMARTS) is 1. The van der Waals surface area contributed by atoms with Gasteiger partial charge in [0.15, 0.2) is 0 Å². The number of anilines is 2. The molecule has 0 radical (unpaired) electrons. The SMILES string of the molecule is O=C(O)c1cc(Nc2cc(I)ccc2Br)ncc1Cl. The van der Waals surface area contributed by atoms with Crippen molar-refractivity contribution < 1.29 is 9.90 Å². The lowest BCUT2D eigenvalue weighted by Crippen LogP contribution is -2.01. The van der Waals surface area contributed by atoms with Crippen molar-refractivity contribution in [3.05, 3.63) is 49.1 Å². The van der Waals surface area contributed by atoms with E-state index >= 15 is 0 Å². The van der Waals surface area contributed by atoms with Crippen LogP contribution in [0.3, 0.4) is 0 Å². The fourth-order valence-corrected chi connectivity index (χ4v) is 2.42. The molecule has 19 heavy (non-hydrogen) atoms. The first-order valence-electron chi connectivity index (χ1n) is 5.08. The summed E-state index contributed by atoms with van der Waals surface area (Å²) in [7, 11) is 0. The molecule has 4 nitrogen and oxygen atoms in total. The van der Waals surface area contributed by atoms with Crippen molar-refractivity contribution in [3.8, 4) is 0 Å². The molecule has 0 bridgehead atoms. The number of carbonyl (C=O) groups is 1. The summed E-state index contributed by atoms with van der Waals surface area (Å²) in [6.07, 6.45) is 1.31. The van der Waals surface area contributed by atoms with Crippen molar-refractivity contribution in [3.63, 3.8) is 0 Å². The maximum absolute atomic E-state index is 11.0. The molecule has 0 aliphatic rings. The Balaban J connectivity index is 2.36. The van der Waals surface area contributed by atoms with E-state index in [4.69, 9.17) is 16.7 Å². The van der Waals surface area contributed by atoms with Crippen molar-refractivity contribution in [1.29, 1.82) is 0 Å². The minimum Gasteiger partial charge on any atom is -0.478 e. The highest BCUT2D eigenvalue weighted by Gasteiger charge is 2.11. The lowest BCUT2D eigenvalue weighted by molar-refractivity contribution is 0.0697. The van der Waals surface area contributed by atoms with Gasteiger partial charge in [0.25, 0.3) is 0 Å². The molecule has 0 aliphatic heterocycles. The number of aromatic nitrogens is 1. The fraction of sp³-hybridized carbons (Fsp3) is 0. The van der Waals surface area contributed by atoms with Crippen LogP contribution in [0.5, 0.6) is 0 Å². The van der Waals surface area contributed by atoms with Crippen LogP contribution in [0, 0.1) is 3.57 Å². The summed E-state index contributed by atoms with van der Waals surface area (Å²) in [4.78, 5) is 15.1. The molecule has 2 rings (SSSR count). The van der Waals surface area contributed by atoms with Crippen LogP contribution in [0.15, 0.2) is 34.9 Å². The number of carboxylic acids is 1. The highest BCUT2D eigenvalue weighted by Crippen LogP contribution is 2.28. The Morgan fingerprint density at radius 2 is 2.16 bits per heavy atom. The van der Waals surface area contributed by atoms with Gasteiger partial charge < -0.3 is 10.4 Å². The Bertz CT molecular complexity index is 652. The molecular weight excluding hydrogens is 446 g/mol. The van der Waals surface area contributed by atoms with Gasteiger partial charge in [-0.2, -0.15) is 0 Å². The van der Waals surface area contributed by atoms with Crippen LogP contribution in [-0.2, 0) is 0 Å². The zero-order valence-electron chi connectivity index (χ0n) is 9.32. The standard InChI is InChI=1S/C12H7BrClIN2O2/c13-8-2-1-6(15)3-10(8)17-11-4-7(12(18)19)9(14)5-16-11/h1-5H,(H,16,17)(H,18,19). The molecule has 1 aromatic carbocycles. The predicted octanol–water partition coefficient (Wildman–Crippen LogP) is 4.54. The molecule has 1 heterocycles. The first-order chi connectivity index (χ1) is 8.97. The zero-order valence-corrected chi connectivity index (χ0v) is 13.8. The van der Waals surface area contributed by atoms with Crippen molar-refractivity contribution in [1.82, 2.24) is 4.98 Å². The number of nitrogens with one attached hydrogen (secondary N) is 1. The van der Waals surface area contributed by atoms with Gasteiger partial charge in [-0.1, -0.05) is 11.6 Å². The van der Waals surface area contributed by atoms with Crippen molar-refractivity contribution >= 4 is 67.6 Å². The second-order valence-corrected chi connectivity index (χ2v) is 6.11. The van der Waals surface area contributed by atoms with Crippen LogP contribution in [0.2, 0.25) is 5.02 Å². The molecule has 2 N–H and O–H groups in total. The summed E-state index contributed by atoms with van der Waals surface area (Å²) in [6, 6.07) is 7.17. The number of halogens is 3. The molecule has 0 saturated carbocycles. The van der Waals surface area contributed by atoms with E-state index < -0.39 is 5.97 Å². The van der Waals surface area contributed by atoms with E-state index in [-0.39, 0.29) is 10.6 Å². The topological polar surface area (TPSA) is 62.2 Å². The van der Waals surface area contributed by atoms with Crippen molar-refractivity contribution in [2.24, 2.45) is 0 Å². The Kier molecular flexibility index (Phi) is 4.64. The largest absolute Gasteiger partial charge is 0.478 e. The molecule has 2 aromatic rings. The number of aromatic carboxylic acids is 1. The zero-order chi connectivity index (χ0) is 14.0. The van der Waals surface area contributed by atoms with Crippen LogP contribution < -0.4 is 5.32 Å². The number of rotatable bonds is 3. The van der Waals surface area contributed by atoms with Gasteiger partial charge in [0.05, 0.1) is 16.3 Å². The third-order valence-corrected chi connectivity index (χ3v) is 3.94.